The van der Waals surface area contributed by atoms with Crippen molar-refractivity contribution in [2.75, 3.05) is 36.0 Å². The maximum absolute atomic E-state index is 4.56. The summed E-state index contributed by atoms with van der Waals surface area (Å²) in [6.45, 7) is 7.91. The lowest BCUT2D eigenvalue weighted by molar-refractivity contribution is 0.647. The molecule has 0 N–H and O–H groups in total. The number of nitrogens with zero attached hydrogens (tertiary/aromatic N) is 6. The van der Waals surface area contributed by atoms with Crippen molar-refractivity contribution in [3.63, 3.8) is 0 Å². The number of hydrogen-bond donors (Lipinski definition) is 0. The first kappa shape index (κ1) is 14.8. The van der Waals surface area contributed by atoms with Crippen molar-refractivity contribution in [2.45, 2.75) is 20.3 Å². The normalized spacial score (nSPS) is 15.6. The molecule has 0 bridgehead atoms. The number of rotatable bonds is 3. The number of thiophene rings is 1. The molecule has 0 radical (unpaired) electrons. The maximum Gasteiger partial charge on any atom is 0.205 e. The first-order valence-electron chi connectivity index (χ1n) is 7.78. The molecule has 1 aliphatic rings. The van der Waals surface area contributed by atoms with Gasteiger partial charge in [0, 0.05) is 42.6 Å². The minimum atomic E-state index is 0.857. The molecular weight excluding hydrogens is 328 g/mol. The van der Waals surface area contributed by atoms with Gasteiger partial charge in [-0.25, -0.2) is 15.0 Å². The van der Waals surface area contributed by atoms with E-state index in [1.54, 1.807) is 17.7 Å². The van der Waals surface area contributed by atoms with E-state index in [1.807, 2.05) is 6.92 Å². The summed E-state index contributed by atoms with van der Waals surface area (Å²) >= 11 is 3.26. The Kier molecular flexibility index (Phi) is 3.86. The molecule has 0 saturated carbocycles. The Labute approximate surface area is 143 Å². The van der Waals surface area contributed by atoms with Crippen LogP contribution in [0.1, 0.15) is 17.6 Å². The Morgan fingerprint density at radius 2 is 1.91 bits per heavy atom. The van der Waals surface area contributed by atoms with Crippen LogP contribution in [0.4, 0.5) is 10.9 Å². The Morgan fingerprint density at radius 3 is 2.61 bits per heavy atom. The topological polar surface area (TPSA) is 58.0 Å². The quantitative estimate of drug-likeness (QED) is 0.727. The van der Waals surface area contributed by atoms with Crippen LogP contribution in [0.5, 0.6) is 0 Å². The van der Waals surface area contributed by atoms with Crippen molar-refractivity contribution in [3.8, 4) is 0 Å². The van der Waals surface area contributed by atoms with E-state index in [9.17, 15) is 0 Å². The van der Waals surface area contributed by atoms with E-state index in [1.165, 1.54) is 21.8 Å². The average molecular weight is 346 g/mol. The van der Waals surface area contributed by atoms with Gasteiger partial charge in [-0.15, -0.1) is 11.3 Å². The molecule has 23 heavy (non-hydrogen) atoms. The highest BCUT2D eigenvalue weighted by Crippen LogP contribution is 2.31. The van der Waals surface area contributed by atoms with Crippen LogP contribution in [0.2, 0.25) is 0 Å². The molecule has 3 aromatic rings. The Balaban J connectivity index is 1.55. The van der Waals surface area contributed by atoms with Crippen LogP contribution < -0.4 is 9.80 Å². The molecule has 0 atom stereocenters. The van der Waals surface area contributed by atoms with E-state index < -0.39 is 0 Å². The molecule has 1 saturated heterocycles. The van der Waals surface area contributed by atoms with Gasteiger partial charge in [-0.05, 0) is 19.4 Å². The summed E-state index contributed by atoms with van der Waals surface area (Å²) in [5, 5.41) is 2.22. The maximum atomic E-state index is 4.56. The SMILES string of the molecule is CCc1cc2c(N3CCN(c4nc(C)ns4)CC3)ncnc2s1. The summed E-state index contributed by atoms with van der Waals surface area (Å²) in [5.41, 5.74) is 0. The minimum Gasteiger partial charge on any atom is -0.352 e. The molecule has 1 aliphatic heterocycles. The summed E-state index contributed by atoms with van der Waals surface area (Å²) in [4.78, 5) is 20.6. The number of piperazine rings is 1. The summed E-state index contributed by atoms with van der Waals surface area (Å²) in [5.74, 6) is 1.93. The van der Waals surface area contributed by atoms with E-state index in [0.29, 0.717) is 0 Å². The Morgan fingerprint density at radius 1 is 1.13 bits per heavy atom. The molecule has 0 aromatic carbocycles. The van der Waals surface area contributed by atoms with E-state index in [-0.39, 0.29) is 0 Å². The average Bonchev–Trinajstić information content (AvgIpc) is 3.20. The van der Waals surface area contributed by atoms with Crippen molar-refractivity contribution in [2.24, 2.45) is 0 Å². The zero-order valence-electron chi connectivity index (χ0n) is 13.2. The highest BCUT2D eigenvalue weighted by Gasteiger charge is 2.22. The van der Waals surface area contributed by atoms with Crippen molar-refractivity contribution in [3.05, 3.63) is 23.1 Å². The largest absolute Gasteiger partial charge is 0.352 e. The van der Waals surface area contributed by atoms with Gasteiger partial charge in [0.15, 0.2) is 0 Å². The molecule has 4 rings (SSSR count). The molecular formula is C15H18N6S2. The van der Waals surface area contributed by atoms with Crippen LogP contribution in [0, 0.1) is 6.92 Å². The van der Waals surface area contributed by atoms with Crippen molar-refractivity contribution < 1.29 is 0 Å². The van der Waals surface area contributed by atoms with Gasteiger partial charge >= 0.3 is 0 Å². The summed E-state index contributed by atoms with van der Waals surface area (Å²) in [6, 6.07) is 2.25. The van der Waals surface area contributed by atoms with Crippen LogP contribution in [0.3, 0.4) is 0 Å². The van der Waals surface area contributed by atoms with Gasteiger partial charge in [-0.1, -0.05) is 6.92 Å². The summed E-state index contributed by atoms with van der Waals surface area (Å²) < 4.78 is 4.28. The summed E-state index contributed by atoms with van der Waals surface area (Å²) in [6.07, 6.45) is 2.73. The predicted molar refractivity (Wildman–Crippen MR) is 95.9 cm³/mol. The molecule has 0 unspecified atom stereocenters. The second kappa shape index (κ2) is 6.01. The summed E-state index contributed by atoms with van der Waals surface area (Å²) in [7, 11) is 0. The highest BCUT2D eigenvalue weighted by atomic mass is 32.1. The van der Waals surface area contributed by atoms with Gasteiger partial charge < -0.3 is 9.80 Å². The monoisotopic (exact) mass is 346 g/mol. The molecule has 3 aromatic heterocycles. The van der Waals surface area contributed by atoms with Crippen LogP contribution in [-0.4, -0.2) is 45.5 Å². The molecule has 8 heteroatoms. The molecule has 120 valence electrons. The van der Waals surface area contributed by atoms with Gasteiger partial charge in [0.1, 0.15) is 22.8 Å². The number of fused-ring (bicyclic) bond motifs is 1. The van der Waals surface area contributed by atoms with Gasteiger partial charge in [-0.2, -0.15) is 4.37 Å². The van der Waals surface area contributed by atoms with Crippen LogP contribution in [-0.2, 0) is 6.42 Å². The molecule has 0 aliphatic carbocycles. The highest BCUT2D eigenvalue weighted by molar-refractivity contribution is 7.18. The minimum absolute atomic E-state index is 0.857. The van der Waals surface area contributed by atoms with E-state index >= 15 is 0 Å². The molecule has 0 amide bonds. The number of anilines is 2. The second-order valence-electron chi connectivity index (χ2n) is 5.58. The van der Waals surface area contributed by atoms with Crippen LogP contribution in [0.25, 0.3) is 10.2 Å². The lowest BCUT2D eigenvalue weighted by Crippen LogP contribution is -2.46. The van der Waals surface area contributed by atoms with Gasteiger partial charge in [0.05, 0.1) is 5.39 Å². The lowest BCUT2D eigenvalue weighted by atomic mass is 10.2. The number of hydrogen-bond acceptors (Lipinski definition) is 8. The first-order valence-corrected chi connectivity index (χ1v) is 9.37. The second-order valence-corrected chi connectivity index (χ2v) is 7.43. The Bertz CT molecular complexity index is 818. The van der Waals surface area contributed by atoms with Crippen molar-refractivity contribution in [1.29, 1.82) is 0 Å². The predicted octanol–water partition coefficient (Wildman–Crippen LogP) is 2.74. The number of aryl methyl sites for hydroxylation is 2. The molecule has 6 nitrogen and oxygen atoms in total. The van der Waals surface area contributed by atoms with Crippen molar-refractivity contribution >= 4 is 44.0 Å². The van der Waals surface area contributed by atoms with Gasteiger partial charge in [-0.3, -0.25) is 0 Å². The molecule has 0 spiro atoms. The van der Waals surface area contributed by atoms with Crippen molar-refractivity contribution in [1.82, 2.24) is 19.3 Å². The molecule has 4 heterocycles. The number of aromatic nitrogens is 4. The third-order valence-electron chi connectivity index (χ3n) is 4.07. The fourth-order valence-electron chi connectivity index (χ4n) is 2.84. The fraction of sp³-hybridized carbons (Fsp3) is 0.467. The van der Waals surface area contributed by atoms with Gasteiger partial charge in [0.2, 0.25) is 5.13 Å². The van der Waals surface area contributed by atoms with E-state index in [2.05, 4.69) is 42.1 Å². The zero-order valence-corrected chi connectivity index (χ0v) is 14.8. The fourth-order valence-corrected chi connectivity index (χ4v) is 4.50. The first-order chi connectivity index (χ1) is 11.2. The van der Waals surface area contributed by atoms with Crippen LogP contribution >= 0.6 is 22.9 Å². The van der Waals surface area contributed by atoms with E-state index in [0.717, 1.165) is 54.2 Å². The standard InChI is InChI=1S/C15H18N6S2/c1-3-11-8-12-13(16-9-17-14(12)22-11)20-4-6-21(7-5-20)15-18-10(2)19-23-15/h8-9H,3-7H2,1-2H3. The third-order valence-corrected chi connectivity index (χ3v) is 6.13. The van der Waals surface area contributed by atoms with E-state index in [4.69, 9.17) is 0 Å². The smallest absolute Gasteiger partial charge is 0.205 e. The Hall–Kier alpha value is -1.80. The third kappa shape index (κ3) is 2.76. The lowest BCUT2D eigenvalue weighted by Gasteiger charge is -2.35. The molecule has 1 fully saturated rings. The van der Waals surface area contributed by atoms with Crippen LogP contribution in [0.15, 0.2) is 12.4 Å². The van der Waals surface area contributed by atoms with Gasteiger partial charge in [0.25, 0.3) is 0 Å². The zero-order chi connectivity index (χ0) is 15.8.